The summed E-state index contributed by atoms with van der Waals surface area (Å²) in [5.41, 5.74) is 1.78. The van der Waals surface area contributed by atoms with Crippen LogP contribution in [0.25, 0.3) is 0 Å². The molecule has 0 unspecified atom stereocenters. The van der Waals surface area contributed by atoms with Crippen LogP contribution in [0, 0.1) is 5.82 Å². The van der Waals surface area contributed by atoms with Crippen LogP contribution >= 0.6 is 0 Å². The molecule has 2 amide bonds. The number of cyclic esters (lactones) is 1. The molecule has 1 atom stereocenters. The lowest BCUT2D eigenvalue weighted by atomic mass is 10.2. The Morgan fingerprint density at radius 3 is 2.63 bits per heavy atom. The third-order valence-corrected chi connectivity index (χ3v) is 6.06. The Bertz CT molecular complexity index is 1170. The largest absolute Gasteiger partial charge is 0.445 e. The molecule has 35 heavy (non-hydrogen) atoms. The van der Waals surface area contributed by atoms with Gasteiger partial charge in [0.2, 0.25) is 0 Å². The fourth-order valence-electron chi connectivity index (χ4n) is 4.23. The number of anilines is 2. The van der Waals surface area contributed by atoms with Gasteiger partial charge in [0.1, 0.15) is 18.5 Å². The van der Waals surface area contributed by atoms with Gasteiger partial charge in [0, 0.05) is 32.4 Å². The Morgan fingerprint density at radius 2 is 1.91 bits per heavy atom. The van der Waals surface area contributed by atoms with Crippen LogP contribution in [-0.2, 0) is 22.6 Å². The van der Waals surface area contributed by atoms with Crippen LogP contribution in [0.1, 0.15) is 5.56 Å². The van der Waals surface area contributed by atoms with E-state index >= 15 is 4.39 Å². The Hall–Kier alpha value is -4.15. The molecule has 0 saturated carbocycles. The minimum Gasteiger partial charge on any atom is -0.445 e. The van der Waals surface area contributed by atoms with Gasteiger partial charge >= 0.3 is 12.2 Å². The summed E-state index contributed by atoms with van der Waals surface area (Å²) < 4.78 is 27.4. The minimum absolute atomic E-state index is 0.217. The van der Waals surface area contributed by atoms with Crippen LogP contribution in [0.3, 0.4) is 0 Å². The maximum absolute atomic E-state index is 15.0. The molecule has 0 radical (unpaired) electrons. The van der Waals surface area contributed by atoms with E-state index in [1.165, 1.54) is 11.0 Å². The van der Waals surface area contributed by atoms with Gasteiger partial charge in [-0.15, -0.1) is 5.10 Å². The molecule has 2 fully saturated rings. The zero-order valence-electron chi connectivity index (χ0n) is 19.0. The molecule has 3 heterocycles. The summed E-state index contributed by atoms with van der Waals surface area (Å²) in [7, 11) is 0. The predicted octanol–water partition coefficient (Wildman–Crippen LogP) is 2.90. The Morgan fingerprint density at radius 1 is 1.11 bits per heavy atom. The molecule has 10 nitrogen and oxygen atoms in total. The fourth-order valence-corrected chi connectivity index (χ4v) is 4.23. The van der Waals surface area contributed by atoms with Crippen molar-refractivity contribution in [1.29, 1.82) is 0 Å². The lowest BCUT2D eigenvalue weighted by molar-refractivity contribution is 0.0941. The van der Waals surface area contributed by atoms with E-state index in [0.29, 0.717) is 50.6 Å². The van der Waals surface area contributed by atoms with Gasteiger partial charge < -0.3 is 19.3 Å². The highest BCUT2D eigenvalue weighted by atomic mass is 19.1. The number of rotatable bonds is 6. The standard InChI is InChI=1S/C24H25FN6O4/c25-21-14-19(31-16-20(35-24(31)33)15-30-9-8-26-27-30)6-7-22(21)28-10-12-29(13-11-28)23(32)34-17-18-4-2-1-3-5-18/h1-9,14,20H,10-13,15-17H2/t20-/m0/s1. The summed E-state index contributed by atoms with van der Waals surface area (Å²) in [6, 6.07) is 14.2. The van der Waals surface area contributed by atoms with E-state index in [9.17, 15) is 9.59 Å². The van der Waals surface area contributed by atoms with Crippen molar-refractivity contribution in [2.24, 2.45) is 0 Å². The number of nitrogens with zero attached hydrogens (tertiary/aromatic N) is 6. The SMILES string of the molecule is O=C(OCc1ccccc1)N1CCN(c2ccc(N3C[C@H](Cn4ccnn4)OC3=O)cc2F)CC1. The second-order valence-electron chi connectivity index (χ2n) is 8.39. The van der Waals surface area contributed by atoms with Crippen molar-refractivity contribution in [3.8, 4) is 0 Å². The van der Waals surface area contributed by atoms with Gasteiger partial charge in [-0.3, -0.25) is 4.90 Å². The van der Waals surface area contributed by atoms with Gasteiger partial charge in [0.05, 0.1) is 30.7 Å². The molecule has 182 valence electrons. The van der Waals surface area contributed by atoms with Crippen molar-refractivity contribution in [1.82, 2.24) is 19.9 Å². The zero-order valence-corrected chi connectivity index (χ0v) is 19.0. The normalized spacial score (nSPS) is 18.0. The summed E-state index contributed by atoms with van der Waals surface area (Å²) in [4.78, 5) is 29.6. The van der Waals surface area contributed by atoms with E-state index in [1.807, 2.05) is 35.2 Å². The number of hydrogen-bond acceptors (Lipinski definition) is 7. The topological polar surface area (TPSA) is 93.0 Å². The molecule has 0 N–H and O–H groups in total. The van der Waals surface area contributed by atoms with Crippen molar-refractivity contribution in [2.45, 2.75) is 19.3 Å². The summed E-state index contributed by atoms with van der Waals surface area (Å²) in [5, 5.41) is 7.62. The Kier molecular flexibility index (Phi) is 6.47. The quantitative estimate of drug-likeness (QED) is 0.536. The van der Waals surface area contributed by atoms with E-state index in [1.54, 1.807) is 34.1 Å². The molecule has 2 aromatic carbocycles. The van der Waals surface area contributed by atoms with Gasteiger partial charge in [0.25, 0.3) is 0 Å². The molecule has 0 bridgehead atoms. The Balaban J connectivity index is 1.15. The van der Waals surface area contributed by atoms with Gasteiger partial charge in [-0.2, -0.15) is 0 Å². The lowest BCUT2D eigenvalue weighted by Gasteiger charge is -2.35. The lowest BCUT2D eigenvalue weighted by Crippen LogP contribution is -2.49. The van der Waals surface area contributed by atoms with Crippen molar-refractivity contribution < 1.29 is 23.5 Å². The second-order valence-corrected chi connectivity index (χ2v) is 8.39. The number of aromatic nitrogens is 3. The van der Waals surface area contributed by atoms with Crippen LogP contribution in [0.4, 0.5) is 25.4 Å². The first-order valence-corrected chi connectivity index (χ1v) is 11.4. The number of piperazine rings is 1. The third kappa shape index (κ3) is 5.18. The van der Waals surface area contributed by atoms with E-state index in [0.717, 1.165) is 5.56 Å². The maximum atomic E-state index is 15.0. The molecular formula is C24H25FN6O4. The molecule has 0 aliphatic carbocycles. The number of carbonyl (C=O) groups is 2. The zero-order chi connectivity index (χ0) is 24.2. The van der Waals surface area contributed by atoms with E-state index in [4.69, 9.17) is 9.47 Å². The highest BCUT2D eigenvalue weighted by Gasteiger charge is 2.33. The van der Waals surface area contributed by atoms with Crippen LogP contribution in [0.5, 0.6) is 0 Å². The monoisotopic (exact) mass is 480 g/mol. The van der Waals surface area contributed by atoms with Gasteiger partial charge in [-0.05, 0) is 23.8 Å². The average Bonchev–Trinajstić information content (AvgIpc) is 3.53. The number of ether oxygens (including phenoxy) is 2. The molecule has 5 rings (SSSR count). The van der Waals surface area contributed by atoms with Crippen molar-refractivity contribution >= 4 is 23.6 Å². The van der Waals surface area contributed by atoms with Gasteiger partial charge in [0.15, 0.2) is 0 Å². The molecule has 11 heteroatoms. The van der Waals surface area contributed by atoms with E-state index < -0.39 is 18.0 Å². The molecule has 2 saturated heterocycles. The van der Waals surface area contributed by atoms with Crippen molar-refractivity contribution in [2.75, 3.05) is 42.5 Å². The smallest absolute Gasteiger partial charge is 0.414 e. The maximum Gasteiger partial charge on any atom is 0.414 e. The summed E-state index contributed by atoms with van der Waals surface area (Å²) in [6.45, 7) is 2.69. The number of hydrogen-bond donors (Lipinski definition) is 0. The van der Waals surface area contributed by atoms with Crippen LogP contribution in [0.2, 0.25) is 0 Å². The Labute approximate surface area is 201 Å². The van der Waals surface area contributed by atoms with E-state index in [2.05, 4.69) is 10.3 Å². The number of benzene rings is 2. The summed E-state index contributed by atoms with van der Waals surface area (Å²) >= 11 is 0. The summed E-state index contributed by atoms with van der Waals surface area (Å²) in [5.74, 6) is -0.435. The van der Waals surface area contributed by atoms with Crippen LogP contribution in [-0.4, -0.2) is 70.9 Å². The van der Waals surface area contributed by atoms with Crippen LogP contribution < -0.4 is 9.80 Å². The third-order valence-electron chi connectivity index (χ3n) is 6.06. The van der Waals surface area contributed by atoms with Gasteiger partial charge in [-0.25, -0.2) is 18.7 Å². The van der Waals surface area contributed by atoms with Crippen molar-refractivity contribution in [3.05, 3.63) is 72.3 Å². The second kappa shape index (κ2) is 10.00. The predicted molar refractivity (Wildman–Crippen MR) is 124 cm³/mol. The molecule has 3 aromatic rings. The van der Waals surface area contributed by atoms with Gasteiger partial charge in [-0.1, -0.05) is 35.5 Å². The number of amides is 2. The molecule has 2 aliphatic rings. The first kappa shape index (κ1) is 22.6. The number of halogens is 1. The number of carbonyl (C=O) groups excluding carboxylic acids is 2. The van der Waals surface area contributed by atoms with E-state index in [-0.39, 0.29) is 12.7 Å². The van der Waals surface area contributed by atoms with Crippen molar-refractivity contribution in [3.63, 3.8) is 0 Å². The minimum atomic E-state index is -0.523. The molecular weight excluding hydrogens is 455 g/mol. The molecule has 0 spiro atoms. The highest BCUT2D eigenvalue weighted by Crippen LogP contribution is 2.29. The molecule has 2 aliphatic heterocycles. The summed E-state index contributed by atoms with van der Waals surface area (Å²) in [6.07, 6.45) is 1.94. The first-order chi connectivity index (χ1) is 17.1. The average molecular weight is 481 g/mol. The van der Waals surface area contributed by atoms with Crippen LogP contribution in [0.15, 0.2) is 60.9 Å². The molecule has 1 aromatic heterocycles. The fraction of sp³-hybridized carbons (Fsp3) is 0.333. The highest BCUT2D eigenvalue weighted by molar-refractivity contribution is 5.90. The first-order valence-electron chi connectivity index (χ1n) is 11.4.